The maximum Gasteiger partial charge on any atom is 4.00 e. The van der Waals surface area contributed by atoms with Crippen LogP contribution in [0.2, 0.25) is 0 Å². The van der Waals surface area contributed by atoms with Gasteiger partial charge in [0.1, 0.15) is 0 Å². The first kappa shape index (κ1) is 42.8. The SMILES string of the molecule is CC(=O)[O-].CC(=O)[O-].CC(=O)[O-].CC(=O)[O-].CC(=O)[O-].[Na+].[Si+4]. The Morgan fingerprint density at radius 2 is 0.455 bits per heavy atom. The molecule has 0 fully saturated rings. The Balaban J connectivity index is -0.0000000250. The van der Waals surface area contributed by atoms with Crippen LogP contribution < -0.4 is 55.1 Å². The van der Waals surface area contributed by atoms with E-state index in [1.165, 1.54) is 0 Å². The molecular formula is C10H15NaO10Si. The molecule has 0 saturated heterocycles. The predicted molar refractivity (Wildman–Crippen MR) is 59.2 cm³/mol. The first-order chi connectivity index (χ1) is 8.66. The van der Waals surface area contributed by atoms with Crippen LogP contribution in [0.4, 0.5) is 0 Å². The van der Waals surface area contributed by atoms with Crippen molar-refractivity contribution in [2.45, 2.75) is 34.6 Å². The molecule has 0 radical (unpaired) electrons. The first-order valence-corrected chi connectivity index (χ1v) is 4.54. The fraction of sp³-hybridized carbons (Fsp3) is 0.500. The maximum absolute atomic E-state index is 8.89. The fourth-order valence-corrected chi connectivity index (χ4v) is 0. The van der Waals surface area contributed by atoms with Gasteiger partial charge in [-0.15, -0.1) is 0 Å². The van der Waals surface area contributed by atoms with Crippen LogP contribution in [0.25, 0.3) is 0 Å². The van der Waals surface area contributed by atoms with Crippen molar-refractivity contribution in [1.82, 2.24) is 0 Å². The summed E-state index contributed by atoms with van der Waals surface area (Å²) in [5, 5.41) is 44.4. The van der Waals surface area contributed by atoms with Crippen molar-refractivity contribution in [3.63, 3.8) is 0 Å². The largest absolute Gasteiger partial charge is 4.00 e. The molecule has 0 spiro atoms. The molecule has 120 valence electrons. The number of hydrogen-bond acceptors (Lipinski definition) is 10. The number of rotatable bonds is 0. The zero-order valence-electron chi connectivity index (χ0n) is 13.1. The Bertz CT molecular complexity index is 216. The van der Waals surface area contributed by atoms with Crippen LogP contribution in [0.5, 0.6) is 0 Å². The van der Waals surface area contributed by atoms with Crippen LogP contribution >= 0.6 is 0 Å². The van der Waals surface area contributed by atoms with Gasteiger partial charge in [0, 0.05) is 29.8 Å². The number of carbonyl (C=O) groups excluding carboxylic acids is 5. The minimum absolute atomic E-state index is 0. The van der Waals surface area contributed by atoms with E-state index in [1.54, 1.807) is 0 Å². The Hall–Kier alpha value is -1.43. The van der Waals surface area contributed by atoms with Gasteiger partial charge in [0.2, 0.25) is 0 Å². The molecule has 0 saturated carbocycles. The molecule has 10 nitrogen and oxygen atoms in total. The van der Waals surface area contributed by atoms with Gasteiger partial charge >= 0.3 is 40.5 Å². The normalized spacial score (nSPS) is 5.68. The number of hydrogen-bond donors (Lipinski definition) is 0. The van der Waals surface area contributed by atoms with Gasteiger partial charge in [-0.1, -0.05) is 0 Å². The Morgan fingerprint density at radius 1 is 0.455 bits per heavy atom. The summed E-state index contributed by atoms with van der Waals surface area (Å²) in [5.41, 5.74) is 0. The van der Waals surface area contributed by atoms with Crippen molar-refractivity contribution < 1.29 is 79.1 Å². The van der Waals surface area contributed by atoms with Crippen LogP contribution in [0, 0.1) is 0 Å². The molecular weight excluding hydrogens is 331 g/mol. The molecule has 0 aromatic heterocycles. The zero-order chi connectivity index (χ0) is 17.9. The fourth-order valence-electron chi connectivity index (χ4n) is 0. The van der Waals surface area contributed by atoms with Crippen LogP contribution in [-0.2, 0) is 24.0 Å². The van der Waals surface area contributed by atoms with Gasteiger partial charge in [-0.2, -0.15) is 0 Å². The molecule has 0 aliphatic carbocycles. The summed E-state index contributed by atoms with van der Waals surface area (Å²) >= 11 is 0. The number of carboxylic acids is 5. The van der Waals surface area contributed by atoms with Crippen LogP contribution in [-0.4, -0.2) is 40.8 Å². The van der Waals surface area contributed by atoms with Crippen molar-refractivity contribution in [3.05, 3.63) is 0 Å². The van der Waals surface area contributed by atoms with Crippen molar-refractivity contribution >= 4 is 40.8 Å². The average molecular weight is 346 g/mol. The van der Waals surface area contributed by atoms with E-state index < -0.39 is 29.8 Å². The Morgan fingerprint density at radius 3 is 0.455 bits per heavy atom. The van der Waals surface area contributed by atoms with Gasteiger partial charge in [-0.3, -0.25) is 0 Å². The van der Waals surface area contributed by atoms with Gasteiger partial charge in [-0.25, -0.2) is 0 Å². The molecule has 0 bridgehead atoms. The molecule has 0 aliphatic rings. The van der Waals surface area contributed by atoms with Crippen molar-refractivity contribution in [2.24, 2.45) is 0 Å². The molecule has 0 heterocycles. The third-order valence-corrected chi connectivity index (χ3v) is 0. The summed E-state index contributed by atoms with van der Waals surface area (Å²) in [6.07, 6.45) is 0. The van der Waals surface area contributed by atoms with E-state index in [0.29, 0.717) is 0 Å². The maximum atomic E-state index is 8.89. The topological polar surface area (TPSA) is 201 Å². The molecule has 0 N–H and O–H groups in total. The first-order valence-electron chi connectivity index (χ1n) is 4.54. The van der Waals surface area contributed by atoms with Crippen molar-refractivity contribution in [2.75, 3.05) is 0 Å². The van der Waals surface area contributed by atoms with Gasteiger partial charge in [0.05, 0.1) is 0 Å². The number of carboxylic acid groups (broad SMARTS) is 5. The van der Waals surface area contributed by atoms with Crippen LogP contribution in [0.3, 0.4) is 0 Å². The van der Waals surface area contributed by atoms with E-state index in [-0.39, 0.29) is 40.5 Å². The second-order valence-electron chi connectivity index (χ2n) is 2.46. The summed E-state index contributed by atoms with van der Waals surface area (Å²) in [5.74, 6) is -5.42. The molecule has 0 unspecified atom stereocenters. The van der Waals surface area contributed by atoms with Crippen LogP contribution in [0.1, 0.15) is 34.6 Å². The van der Waals surface area contributed by atoms with Crippen molar-refractivity contribution in [1.29, 1.82) is 0 Å². The van der Waals surface area contributed by atoms with E-state index in [9.17, 15) is 0 Å². The van der Waals surface area contributed by atoms with E-state index >= 15 is 0 Å². The van der Waals surface area contributed by atoms with E-state index in [4.69, 9.17) is 49.5 Å². The van der Waals surface area contributed by atoms with Gasteiger partial charge in [-0.05, 0) is 34.6 Å². The molecule has 0 rings (SSSR count). The molecule has 0 aromatic carbocycles. The zero-order valence-corrected chi connectivity index (χ0v) is 16.1. The summed E-state index contributed by atoms with van der Waals surface area (Å²) in [4.78, 5) is 44.4. The van der Waals surface area contributed by atoms with Crippen LogP contribution in [0.15, 0.2) is 0 Å². The number of carbonyl (C=O) groups is 5. The monoisotopic (exact) mass is 346 g/mol. The second kappa shape index (κ2) is 36.6. The minimum atomic E-state index is -1.08. The van der Waals surface area contributed by atoms with Gasteiger partial charge in [0.15, 0.2) is 0 Å². The molecule has 12 heteroatoms. The molecule has 0 aromatic rings. The minimum Gasteiger partial charge on any atom is -0.550 e. The molecule has 0 amide bonds. The van der Waals surface area contributed by atoms with E-state index in [2.05, 4.69) is 0 Å². The van der Waals surface area contributed by atoms with Crippen molar-refractivity contribution in [3.8, 4) is 0 Å². The van der Waals surface area contributed by atoms with E-state index in [0.717, 1.165) is 34.6 Å². The smallest absolute Gasteiger partial charge is 0.550 e. The predicted octanol–water partition coefficient (Wildman–Crippen LogP) is -9.60. The third-order valence-electron chi connectivity index (χ3n) is 0. The number of aliphatic carboxylic acids is 5. The average Bonchev–Trinajstić information content (AvgIpc) is 1.94. The third kappa shape index (κ3) is 2790. The van der Waals surface area contributed by atoms with E-state index in [1.807, 2.05) is 0 Å². The summed E-state index contributed by atoms with van der Waals surface area (Å²) in [6, 6.07) is 0. The van der Waals surface area contributed by atoms with Gasteiger partial charge < -0.3 is 49.5 Å². The summed E-state index contributed by atoms with van der Waals surface area (Å²) in [7, 11) is 0. The summed E-state index contributed by atoms with van der Waals surface area (Å²) in [6.45, 7) is 4.86. The van der Waals surface area contributed by atoms with Gasteiger partial charge in [0.25, 0.3) is 0 Å². The standard InChI is InChI=1S/5C2H4O2.Na.Si/c5*1-2(3)4;;/h5*1H3,(H,3,4);;/q;;;;;+1;+4/p-5. The Labute approximate surface area is 154 Å². The molecule has 0 aliphatic heterocycles. The summed E-state index contributed by atoms with van der Waals surface area (Å²) < 4.78 is 0. The second-order valence-corrected chi connectivity index (χ2v) is 2.46. The molecule has 22 heavy (non-hydrogen) atoms. The molecule has 0 atom stereocenters. The quantitative estimate of drug-likeness (QED) is 0.379. The Kier molecular flexibility index (Phi) is 71.3.